The highest BCUT2D eigenvalue weighted by Crippen LogP contribution is 2.45. The first-order valence-corrected chi connectivity index (χ1v) is 10.6. The second kappa shape index (κ2) is 8.23. The van der Waals surface area contributed by atoms with Gasteiger partial charge in [-0.1, -0.05) is 50.2 Å². The Bertz CT molecular complexity index is 1230. The van der Waals surface area contributed by atoms with E-state index in [1.165, 1.54) is 12.3 Å². The van der Waals surface area contributed by atoms with Crippen LogP contribution in [0.3, 0.4) is 0 Å². The van der Waals surface area contributed by atoms with Gasteiger partial charge in [-0.25, -0.2) is 0 Å². The van der Waals surface area contributed by atoms with Crippen LogP contribution in [0.5, 0.6) is 5.75 Å². The van der Waals surface area contributed by atoms with E-state index in [0.29, 0.717) is 11.1 Å². The molecule has 33 heavy (non-hydrogen) atoms. The Morgan fingerprint density at radius 3 is 2.33 bits per heavy atom. The Labute approximate surface area is 189 Å². The van der Waals surface area contributed by atoms with E-state index in [2.05, 4.69) is 9.97 Å². The summed E-state index contributed by atoms with van der Waals surface area (Å²) >= 11 is 0. The van der Waals surface area contributed by atoms with Gasteiger partial charge in [0, 0.05) is 29.3 Å². The zero-order valence-electron chi connectivity index (χ0n) is 18.3. The molecular formula is C26H25F3N2O2. The summed E-state index contributed by atoms with van der Waals surface area (Å²) in [6.07, 6.45) is -3.08. The smallest absolute Gasteiger partial charge is 0.417 e. The molecule has 0 saturated carbocycles. The number of phenolic OH excluding ortho intramolecular Hbond substituents is 1. The number of nitrogens with zero attached hydrogens (tertiary/aromatic N) is 1. The molecule has 0 aliphatic heterocycles. The predicted octanol–water partition coefficient (Wildman–Crippen LogP) is 6.14. The largest absolute Gasteiger partial charge is 0.508 e. The number of benzene rings is 2. The highest BCUT2D eigenvalue weighted by Gasteiger charge is 2.56. The Hall–Kier alpha value is -3.32. The van der Waals surface area contributed by atoms with E-state index in [1.54, 1.807) is 44.3 Å². The van der Waals surface area contributed by atoms with Crippen molar-refractivity contribution >= 4 is 10.9 Å². The maximum atomic E-state index is 14.2. The maximum Gasteiger partial charge on any atom is 0.417 e. The van der Waals surface area contributed by atoms with Crippen LogP contribution in [0.1, 0.15) is 31.5 Å². The van der Waals surface area contributed by atoms with E-state index in [0.717, 1.165) is 16.5 Å². The van der Waals surface area contributed by atoms with Crippen molar-refractivity contribution in [1.29, 1.82) is 0 Å². The molecule has 1 atom stereocenters. The Kier molecular flexibility index (Phi) is 5.70. The van der Waals surface area contributed by atoms with E-state index in [-0.39, 0.29) is 11.4 Å². The van der Waals surface area contributed by atoms with Crippen molar-refractivity contribution in [3.05, 3.63) is 84.3 Å². The Balaban J connectivity index is 1.70. The van der Waals surface area contributed by atoms with Gasteiger partial charge in [0.15, 0.2) is 5.60 Å². The van der Waals surface area contributed by atoms with Gasteiger partial charge in [0.1, 0.15) is 5.75 Å². The van der Waals surface area contributed by atoms with Crippen molar-refractivity contribution in [2.45, 2.75) is 43.9 Å². The van der Waals surface area contributed by atoms with Crippen LogP contribution in [0.15, 0.2) is 73.1 Å². The molecule has 0 fully saturated rings. The van der Waals surface area contributed by atoms with Crippen LogP contribution in [0.2, 0.25) is 0 Å². The molecule has 7 heteroatoms. The number of aromatic hydroxyl groups is 1. The van der Waals surface area contributed by atoms with E-state index < -0.39 is 30.0 Å². The molecule has 0 saturated heterocycles. The number of pyridine rings is 1. The van der Waals surface area contributed by atoms with Crippen LogP contribution >= 0.6 is 0 Å². The highest BCUT2D eigenvalue weighted by atomic mass is 19.4. The van der Waals surface area contributed by atoms with Crippen LogP contribution in [-0.2, 0) is 11.8 Å². The Morgan fingerprint density at radius 1 is 0.939 bits per heavy atom. The number of halogens is 3. The predicted molar refractivity (Wildman–Crippen MR) is 122 cm³/mol. The fourth-order valence-corrected chi connectivity index (χ4v) is 4.42. The first-order valence-electron chi connectivity index (χ1n) is 10.6. The number of hydrogen-bond acceptors (Lipinski definition) is 3. The molecule has 1 unspecified atom stereocenters. The van der Waals surface area contributed by atoms with Crippen molar-refractivity contribution < 1.29 is 23.4 Å². The minimum Gasteiger partial charge on any atom is -0.508 e. The molecule has 2 aromatic carbocycles. The summed E-state index contributed by atoms with van der Waals surface area (Å²) in [4.78, 5) is 6.89. The van der Waals surface area contributed by atoms with Crippen molar-refractivity contribution in [1.82, 2.24) is 9.97 Å². The number of nitrogens with one attached hydrogen (secondary N) is 1. The molecule has 0 aliphatic rings. The molecular weight excluding hydrogens is 429 g/mol. The topological polar surface area (TPSA) is 69.1 Å². The minimum absolute atomic E-state index is 0.110. The number of phenols is 1. The molecule has 3 N–H and O–H groups in total. The van der Waals surface area contributed by atoms with Crippen LogP contribution < -0.4 is 0 Å². The lowest BCUT2D eigenvalue weighted by Crippen LogP contribution is -2.50. The summed E-state index contributed by atoms with van der Waals surface area (Å²) in [5.74, 6) is -0.110. The zero-order chi connectivity index (χ0) is 23.9. The summed E-state index contributed by atoms with van der Waals surface area (Å²) in [6, 6.07) is 17.6. The van der Waals surface area contributed by atoms with Crippen LogP contribution in [0, 0.1) is 0 Å². The van der Waals surface area contributed by atoms with Crippen molar-refractivity contribution in [3.8, 4) is 16.9 Å². The van der Waals surface area contributed by atoms with Crippen LogP contribution in [0.4, 0.5) is 13.2 Å². The van der Waals surface area contributed by atoms with Gasteiger partial charge in [0.25, 0.3) is 0 Å². The molecule has 0 bridgehead atoms. The zero-order valence-corrected chi connectivity index (χ0v) is 18.3. The normalized spacial score (nSPS) is 14.4. The van der Waals surface area contributed by atoms with Crippen LogP contribution in [0.25, 0.3) is 22.0 Å². The molecule has 4 nitrogen and oxygen atoms in total. The maximum absolute atomic E-state index is 14.2. The molecule has 172 valence electrons. The number of rotatable bonds is 6. The number of hydrogen-bond donors (Lipinski definition) is 3. The van der Waals surface area contributed by atoms with E-state index in [4.69, 9.17) is 0 Å². The average molecular weight is 454 g/mol. The van der Waals surface area contributed by atoms with Crippen molar-refractivity contribution in [2.75, 3.05) is 0 Å². The van der Waals surface area contributed by atoms with Gasteiger partial charge in [0.05, 0.1) is 11.7 Å². The summed E-state index contributed by atoms with van der Waals surface area (Å²) in [6.45, 7) is 3.20. The monoisotopic (exact) mass is 454 g/mol. The Morgan fingerprint density at radius 2 is 1.67 bits per heavy atom. The first kappa shape index (κ1) is 22.9. The SMILES string of the molecule is CC(C)(CC(O)(Cc1cc2ccncc2[nH]1)C(F)(F)F)c1cc(-c2ccccc2)ccc1O. The summed E-state index contributed by atoms with van der Waals surface area (Å²) in [5.41, 5.74) is -1.35. The molecule has 0 aliphatic carbocycles. The lowest BCUT2D eigenvalue weighted by molar-refractivity contribution is -0.266. The molecule has 2 aromatic heterocycles. The summed E-state index contributed by atoms with van der Waals surface area (Å²) in [7, 11) is 0. The lowest BCUT2D eigenvalue weighted by Gasteiger charge is -2.38. The standard InChI is InChI=1S/C26H25F3N2O2/c1-24(2,21-13-18(8-9-23(21)32)17-6-4-3-5-7-17)16-25(33,26(27,28)29)14-20-12-19-10-11-30-15-22(19)31-20/h3-13,15,31-33H,14,16H2,1-2H3. The van der Waals surface area contributed by atoms with Crippen molar-refractivity contribution in [3.63, 3.8) is 0 Å². The third-order valence-electron chi connectivity index (χ3n) is 6.06. The summed E-state index contributed by atoms with van der Waals surface area (Å²) < 4.78 is 42.6. The number of aromatic nitrogens is 2. The number of aromatic amines is 1. The van der Waals surface area contributed by atoms with Gasteiger partial charge >= 0.3 is 6.18 Å². The van der Waals surface area contributed by atoms with Gasteiger partial charge in [0.2, 0.25) is 0 Å². The second-order valence-electron chi connectivity index (χ2n) is 9.12. The minimum atomic E-state index is -4.88. The summed E-state index contributed by atoms with van der Waals surface area (Å²) in [5, 5.41) is 22.2. The van der Waals surface area contributed by atoms with Gasteiger partial charge in [-0.3, -0.25) is 4.98 Å². The van der Waals surface area contributed by atoms with E-state index in [1.807, 2.05) is 30.3 Å². The molecule has 4 aromatic rings. The number of fused-ring (bicyclic) bond motifs is 1. The van der Waals surface area contributed by atoms with E-state index >= 15 is 0 Å². The average Bonchev–Trinajstić information content (AvgIpc) is 3.15. The number of aliphatic hydroxyl groups is 1. The third kappa shape index (κ3) is 4.59. The van der Waals surface area contributed by atoms with Gasteiger partial charge in [-0.05, 0) is 47.2 Å². The number of H-pyrrole nitrogens is 1. The molecule has 0 spiro atoms. The first-order chi connectivity index (χ1) is 15.5. The highest BCUT2D eigenvalue weighted by molar-refractivity contribution is 5.79. The quantitative estimate of drug-likeness (QED) is 0.328. The van der Waals surface area contributed by atoms with Crippen molar-refractivity contribution in [2.24, 2.45) is 0 Å². The number of alkyl halides is 3. The van der Waals surface area contributed by atoms with Gasteiger partial charge in [-0.2, -0.15) is 13.2 Å². The van der Waals surface area contributed by atoms with Crippen LogP contribution in [-0.4, -0.2) is 32.0 Å². The molecule has 0 amide bonds. The fourth-order valence-electron chi connectivity index (χ4n) is 4.42. The van der Waals surface area contributed by atoms with Gasteiger partial charge < -0.3 is 15.2 Å². The fraction of sp³-hybridized carbons (Fsp3) is 0.269. The third-order valence-corrected chi connectivity index (χ3v) is 6.06. The molecule has 4 rings (SSSR count). The van der Waals surface area contributed by atoms with Gasteiger partial charge in [-0.15, -0.1) is 0 Å². The second-order valence-corrected chi connectivity index (χ2v) is 9.12. The lowest BCUT2D eigenvalue weighted by atomic mass is 9.72. The van der Waals surface area contributed by atoms with E-state index in [9.17, 15) is 23.4 Å². The molecule has 0 radical (unpaired) electrons. The molecule has 2 heterocycles.